The third-order valence-electron chi connectivity index (χ3n) is 3.84. The minimum atomic E-state index is -0.164. The summed E-state index contributed by atoms with van der Waals surface area (Å²) in [5.41, 5.74) is 2.21. The molecule has 0 amide bonds. The smallest absolute Gasteiger partial charge is 0.123 e. The van der Waals surface area contributed by atoms with Gasteiger partial charge in [-0.3, -0.25) is 0 Å². The van der Waals surface area contributed by atoms with Crippen LogP contribution in [0.5, 0.6) is 0 Å². The van der Waals surface area contributed by atoms with E-state index in [1.807, 2.05) is 6.07 Å². The Bertz CT molecular complexity index is 425. The van der Waals surface area contributed by atoms with Gasteiger partial charge in [0.2, 0.25) is 0 Å². The molecule has 1 aliphatic rings. The van der Waals surface area contributed by atoms with Crippen molar-refractivity contribution in [3.8, 4) is 0 Å². The summed E-state index contributed by atoms with van der Waals surface area (Å²) in [6, 6.07) is 5.13. The van der Waals surface area contributed by atoms with E-state index in [1.165, 1.54) is 18.5 Å². The number of anilines is 1. The Kier molecular flexibility index (Phi) is 5.80. The molecule has 2 rings (SSSR count). The highest BCUT2D eigenvalue weighted by Gasteiger charge is 2.19. The Morgan fingerprint density at radius 1 is 1.45 bits per heavy atom. The summed E-state index contributed by atoms with van der Waals surface area (Å²) in [5, 5.41) is 3.30. The van der Waals surface area contributed by atoms with E-state index in [1.54, 1.807) is 19.2 Å². The second-order valence-electron chi connectivity index (χ2n) is 5.64. The van der Waals surface area contributed by atoms with Crippen LogP contribution in [0.25, 0.3) is 0 Å². The van der Waals surface area contributed by atoms with Crippen molar-refractivity contribution in [2.75, 3.05) is 38.3 Å². The first-order valence-corrected chi connectivity index (χ1v) is 7.43. The molecule has 1 unspecified atom stereocenters. The van der Waals surface area contributed by atoms with Crippen LogP contribution >= 0.6 is 0 Å². The number of ether oxygens (including phenoxy) is 1. The normalized spacial score (nSPS) is 19.4. The quantitative estimate of drug-likeness (QED) is 0.811. The van der Waals surface area contributed by atoms with Gasteiger partial charge in [-0.15, -0.1) is 0 Å². The maximum absolute atomic E-state index is 13.5. The lowest BCUT2D eigenvalue weighted by molar-refractivity contribution is 0.199. The van der Waals surface area contributed by atoms with Crippen molar-refractivity contribution in [3.05, 3.63) is 29.6 Å². The van der Waals surface area contributed by atoms with Gasteiger partial charge in [0.25, 0.3) is 0 Å². The number of hydrogen-bond donors (Lipinski definition) is 1. The van der Waals surface area contributed by atoms with Crippen molar-refractivity contribution in [2.24, 2.45) is 5.92 Å². The molecule has 1 saturated heterocycles. The van der Waals surface area contributed by atoms with Crippen LogP contribution in [-0.4, -0.2) is 33.4 Å². The van der Waals surface area contributed by atoms with Gasteiger partial charge >= 0.3 is 0 Å². The molecule has 0 saturated carbocycles. The fourth-order valence-corrected chi connectivity index (χ4v) is 2.81. The Morgan fingerprint density at radius 3 is 3.05 bits per heavy atom. The van der Waals surface area contributed by atoms with Crippen LogP contribution in [0.4, 0.5) is 10.1 Å². The lowest BCUT2D eigenvalue weighted by Crippen LogP contribution is -2.35. The second kappa shape index (κ2) is 7.60. The third kappa shape index (κ3) is 4.18. The van der Waals surface area contributed by atoms with E-state index in [4.69, 9.17) is 4.74 Å². The van der Waals surface area contributed by atoms with Crippen LogP contribution in [0, 0.1) is 11.7 Å². The zero-order valence-corrected chi connectivity index (χ0v) is 12.5. The lowest BCUT2D eigenvalue weighted by atomic mass is 9.99. The van der Waals surface area contributed by atoms with E-state index < -0.39 is 0 Å². The topological polar surface area (TPSA) is 24.5 Å². The molecule has 0 aromatic heterocycles. The standard InChI is InChI=1S/C16H25FN2O/c1-13-4-3-8-19(12-13)16-6-5-15(17)10-14(16)11-18-7-9-20-2/h5-6,10,13,18H,3-4,7-9,11-12H2,1-2H3. The molecule has 1 heterocycles. The number of halogens is 1. The summed E-state index contributed by atoms with van der Waals surface area (Å²) in [7, 11) is 1.68. The predicted molar refractivity (Wildman–Crippen MR) is 80.6 cm³/mol. The maximum atomic E-state index is 13.5. The number of methoxy groups -OCH3 is 1. The molecule has 1 N–H and O–H groups in total. The molecular weight excluding hydrogens is 255 g/mol. The molecule has 1 aromatic rings. The van der Waals surface area contributed by atoms with Crippen LogP contribution < -0.4 is 10.2 Å². The summed E-state index contributed by atoms with van der Waals surface area (Å²) in [6.07, 6.45) is 2.51. The van der Waals surface area contributed by atoms with Gasteiger partial charge in [0.15, 0.2) is 0 Å². The molecule has 0 aliphatic carbocycles. The zero-order chi connectivity index (χ0) is 14.4. The van der Waals surface area contributed by atoms with Gasteiger partial charge in [-0.2, -0.15) is 0 Å². The summed E-state index contributed by atoms with van der Waals surface area (Å²) in [4.78, 5) is 2.39. The molecule has 1 fully saturated rings. The van der Waals surface area contributed by atoms with Crippen molar-refractivity contribution < 1.29 is 9.13 Å². The molecule has 0 bridgehead atoms. The number of hydrogen-bond acceptors (Lipinski definition) is 3. The summed E-state index contributed by atoms with van der Waals surface area (Å²) < 4.78 is 18.5. The van der Waals surface area contributed by atoms with Gasteiger partial charge < -0.3 is 15.0 Å². The Balaban J connectivity index is 2.06. The van der Waals surface area contributed by atoms with Gasteiger partial charge in [0.05, 0.1) is 6.61 Å². The van der Waals surface area contributed by atoms with Crippen LogP contribution in [0.15, 0.2) is 18.2 Å². The van der Waals surface area contributed by atoms with Gasteiger partial charge in [0.1, 0.15) is 5.82 Å². The van der Waals surface area contributed by atoms with Gasteiger partial charge in [-0.05, 0) is 42.5 Å². The van der Waals surface area contributed by atoms with Crippen molar-refractivity contribution >= 4 is 5.69 Å². The highest BCUT2D eigenvalue weighted by Crippen LogP contribution is 2.27. The third-order valence-corrected chi connectivity index (χ3v) is 3.84. The minimum absolute atomic E-state index is 0.164. The molecule has 0 radical (unpaired) electrons. The largest absolute Gasteiger partial charge is 0.383 e. The number of piperidine rings is 1. The Labute approximate surface area is 121 Å². The van der Waals surface area contributed by atoms with Crippen molar-refractivity contribution in [3.63, 3.8) is 0 Å². The predicted octanol–water partition coefficient (Wildman–Crippen LogP) is 2.80. The maximum Gasteiger partial charge on any atom is 0.123 e. The number of nitrogens with zero attached hydrogens (tertiary/aromatic N) is 1. The minimum Gasteiger partial charge on any atom is -0.383 e. The fourth-order valence-electron chi connectivity index (χ4n) is 2.81. The molecule has 1 aliphatic heterocycles. The lowest BCUT2D eigenvalue weighted by Gasteiger charge is -2.34. The van der Waals surface area contributed by atoms with Crippen molar-refractivity contribution in [1.82, 2.24) is 5.32 Å². The number of rotatable bonds is 6. The van der Waals surface area contributed by atoms with E-state index in [0.717, 1.165) is 25.2 Å². The molecule has 20 heavy (non-hydrogen) atoms. The van der Waals surface area contributed by atoms with Crippen LogP contribution in [0.2, 0.25) is 0 Å². The SMILES string of the molecule is COCCNCc1cc(F)ccc1N1CCCC(C)C1. The molecule has 112 valence electrons. The van der Waals surface area contributed by atoms with Crippen LogP contribution in [0.1, 0.15) is 25.3 Å². The molecule has 1 atom stereocenters. The first kappa shape index (κ1) is 15.3. The summed E-state index contributed by atoms with van der Waals surface area (Å²) in [6.45, 7) is 6.56. The van der Waals surface area contributed by atoms with Gasteiger partial charge in [-0.25, -0.2) is 4.39 Å². The Hall–Kier alpha value is -1.13. The van der Waals surface area contributed by atoms with Gasteiger partial charge in [-0.1, -0.05) is 6.92 Å². The Morgan fingerprint density at radius 2 is 2.30 bits per heavy atom. The first-order chi connectivity index (χ1) is 9.70. The highest BCUT2D eigenvalue weighted by atomic mass is 19.1. The average molecular weight is 280 g/mol. The molecule has 1 aromatic carbocycles. The molecule has 4 heteroatoms. The van der Waals surface area contributed by atoms with Crippen LogP contribution in [-0.2, 0) is 11.3 Å². The number of nitrogens with one attached hydrogen (secondary N) is 1. The van der Waals surface area contributed by atoms with Crippen molar-refractivity contribution in [2.45, 2.75) is 26.3 Å². The summed E-state index contributed by atoms with van der Waals surface area (Å²) >= 11 is 0. The highest BCUT2D eigenvalue weighted by molar-refractivity contribution is 5.54. The van der Waals surface area contributed by atoms with Gasteiger partial charge in [0, 0.05) is 39.0 Å². The summed E-state index contributed by atoms with van der Waals surface area (Å²) in [5.74, 6) is 0.547. The molecular formula is C16H25FN2O. The number of benzene rings is 1. The van der Waals surface area contributed by atoms with Crippen LogP contribution in [0.3, 0.4) is 0 Å². The first-order valence-electron chi connectivity index (χ1n) is 7.43. The molecule has 3 nitrogen and oxygen atoms in total. The van der Waals surface area contributed by atoms with E-state index in [0.29, 0.717) is 19.1 Å². The monoisotopic (exact) mass is 280 g/mol. The van der Waals surface area contributed by atoms with Crippen molar-refractivity contribution in [1.29, 1.82) is 0 Å². The van der Waals surface area contributed by atoms with E-state index in [2.05, 4.69) is 17.1 Å². The molecule has 0 spiro atoms. The second-order valence-corrected chi connectivity index (χ2v) is 5.64. The fraction of sp³-hybridized carbons (Fsp3) is 0.625. The van der Waals surface area contributed by atoms with E-state index in [-0.39, 0.29) is 5.82 Å². The average Bonchev–Trinajstić information content (AvgIpc) is 2.44. The van der Waals surface area contributed by atoms with E-state index in [9.17, 15) is 4.39 Å². The zero-order valence-electron chi connectivity index (χ0n) is 12.5. The van der Waals surface area contributed by atoms with E-state index >= 15 is 0 Å².